The van der Waals surface area contributed by atoms with E-state index in [0.717, 1.165) is 17.5 Å². The number of alkyl halides is 3. The van der Waals surface area contributed by atoms with Crippen molar-refractivity contribution < 1.29 is 32.3 Å². The number of carbonyl (C=O) groups is 3. The zero-order chi connectivity index (χ0) is 31.4. The Morgan fingerprint density at radius 1 is 1.02 bits per heavy atom. The van der Waals surface area contributed by atoms with E-state index < -0.39 is 23.4 Å². The Labute approximate surface area is 247 Å². The maximum absolute atomic E-state index is 13.5. The summed E-state index contributed by atoms with van der Waals surface area (Å²) in [6.07, 6.45) is -3.84. The number of benzene rings is 2. The zero-order valence-corrected chi connectivity index (χ0v) is 24.3. The van der Waals surface area contributed by atoms with Gasteiger partial charge >= 0.3 is 12.3 Å². The number of fused-ring (bicyclic) bond motifs is 1. The molecule has 2 heterocycles. The Hall–Kier alpha value is -4.53. The molecule has 2 aromatic carbocycles. The molecule has 1 aliphatic rings. The van der Waals surface area contributed by atoms with E-state index >= 15 is 0 Å². The molecule has 0 saturated carbocycles. The van der Waals surface area contributed by atoms with Crippen LogP contribution in [0.5, 0.6) is 0 Å². The van der Waals surface area contributed by atoms with Crippen molar-refractivity contribution in [2.75, 3.05) is 19.6 Å². The molecule has 1 aliphatic heterocycles. The van der Waals surface area contributed by atoms with Gasteiger partial charge in [0, 0.05) is 44.0 Å². The van der Waals surface area contributed by atoms with Crippen molar-refractivity contribution in [3.05, 3.63) is 70.9 Å². The van der Waals surface area contributed by atoms with Gasteiger partial charge in [-0.15, -0.1) is 0 Å². The van der Waals surface area contributed by atoms with Crippen molar-refractivity contribution in [1.29, 1.82) is 5.26 Å². The third-order valence-corrected chi connectivity index (χ3v) is 7.08. The van der Waals surface area contributed by atoms with Gasteiger partial charge in [0.05, 0.1) is 22.7 Å². The van der Waals surface area contributed by atoms with Crippen LogP contribution in [0.2, 0.25) is 0 Å². The van der Waals surface area contributed by atoms with E-state index in [9.17, 15) is 32.8 Å². The van der Waals surface area contributed by atoms with Crippen molar-refractivity contribution in [1.82, 2.24) is 20.1 Å². The van der Waals surface area contributed by atoms with Crippen molar-refractivity contribution in [2.45, 2.75) is 64.4 Å². The predicted octanol–water partition coefficient (Wildman–Crippen LogP) is 5.22. The summed E-state index contributed by atoms with van der Waals surface area (Å²) in [5, 5.41) is 15.7. The Morgan fingerprint density at radius 3 is 2.30 bits per heavy atom. The van der Waals surface area contributed by atoms with Gasteiger partial charge in [0.1, 0.15) is 11.3 Å². The molecule has 0 bridgehead atoms. The summed E-state index contributed by atoms with van der Waals surface area (Å²) < 4.78 is 46.0. The SMILES string of the molecule is CC(C)(C)OC(=O)NCCC(=O)N1CCC(NC(=O)c2cc3ccc(C#N)cc3n2Cc2ccc(C(F)(F)F)cc2)CC1. The lowest BCUT2D eigenvalue weighted by molar-refractivity contribution is -0.137. The van der Waals surface area contributed by atoms with Crippen LogP contribution < -0.4 is 10.6 Å². The number of nitriles is 1. The van der Waals surface area contributed by atoms with Crippen LogP contribution in [-0.4, -0.2) is 58.7 Å². The van der Waals surface area contributed by atoms with Crippen LogP contribution in [0.4, 0.5) is 18.0 Å². The largest absolute Gasteiger partial charge is 0.444 e. The number of ether oxygens (including phenoxy) is 1. The summed E-state index contributed by atoms with van der Waals surface area (Å²) in [6.45, 7) is 6.43. The van der Waals surface area contributed by atoms with E-state index in [1.165, 1.54) is 12.1 Å². The number of amides is 3. The van der Waals surface area contributed by atoms with E-state index in [0.29, 0.717) is 48.3 Å². The first-order chi connectivity index (χ1) is 20.2. The van der Waals surface area contributed by atoms with Gasteiger partial charge in [-0.3, -0.25) is 9.59 Å². The fourth-order valence-electron chi connectivity index (χ4n) is 4.94. The molecule has 1 aromatic heterocycles. The number of nitrogens with one attached hydrogen (secondary N) is 2. The maximum Gasteiger partial charge on any atom is 0.416 e. The number of hydrogen-bond donors (Lipinski definition) is 2. The molecule has 0 spiro atoms. The minimum Gasteiger partial charge on any atom is -0.444 e. The number of carbonyl (C=O) groups excluding carboxylic acids is 3. The van der Waals surface area contributed by atoms with Crippen LogP contribution in [0.15, 0.2) is 48.5 Å². The number of piperidine rings is 1. The van der Waals surface area contributed by atoms with Gasteiger partial charge in [0.2, 0.25) is 5.91 Å². The van der Waals surface area contributed by atoms with E-state index in [2.05, 4.69) is 16.7 Å². The number of hydrogen-bond acceptors (Lipinski definition) is 5. The molecule has 1 fully saturated rings. The number of rotatable bonds is 7. The molecule has 228 valence electrons. The highest BCUT2D eigenvalue weighted by Crippen LogP contribution is 2.30. The van der Waals surface area contributed by atoms with E-state index in [-0.39, 0.29) is 37.4 Å². The van der Waals surface area contributed by atoms with Gasteiger partial charge in [-0.2, -0.15) is 18.4 Å². The first-order valence-corrected chi connectivity index (χ1v) is 14.0. The maximum atomic E-state index is 13.5. The predicted molar refractivity (Wildman–Crippen MR) is 153 cm³/mol. The third-order valence-electron chi connectivity index (χ3n) is 7.08. The number of halogens is 3. The Balaban J connectivity index is 1.40. The second-order valence-electron chi connectivity index (χ2n) is 11.5. The second kappa shape index (κ2) is 12.8. The number of likely N-dealkylation sites (tertiary alicyclic amines) is 1. The van der Waals surface area contributed by atoms with Crippen molar-refractivity contribution in [3.63, 3.8) is 0 Å². The molecule has 12 heteroatoms. The minimum atomic E-state index is -4.46. The molecule has 0 aliphatic carbocycles. The van der Waals surface area contributed by atoms with Gasteiger partial charge in [-0.25, -0.2) is 4.79 Å². The fraction of sp³-hybridized carbons (Fsp3) is 0.419. The highest BCUT2D eigenvalue weighted by Gasteiger charge is 2.30. The van der Waals surface area contributed by atoms with E-state index in [1.54, 1.807) is 54.5 Å². The highest BCUT2D eigenvalue weighted by atomic mass is 19.4. The van der Waals surface area contributed by atoms with Crippen LogP contribution >= 0.6 is 0 Å². The van der Waals surface area contributed by atoms with Gasteiger partial charge in [-0.1, -0.05) is 18.2 Å². The molecule has 9 nitrogen and oxygen atoms in total. The van der Waals surface area contributed by atoms with Crippen LogP contribution in [0.3, 0.4) is 0 Å². The van der Waals surface area contributed by atoms with Gasteiger partial charge in [0.15, 0.2) is 0 Å². The van der Waals surface area contributed by atoms with Crippen LogP contribution in [-0.2, 0) is 22.3 Å². The lowest BCUT2D eigenvalue weighted by atomic mass is 10.0. The van der Waals surface area contributed by atoms with E-state index in [4.69, 9.17) is 4.74 Å². The standard InChI is InChI=1S/C31H34F3N5O4/c1-30(2,3)43-29(42)36-13-10-27(40)38-14-11-24(12-15-38)37-28(41)26-17-22-7-4-21(18-35)16-25(22)39(26)19-20-5-8-23(9-6-20)31(32,33)34/h4-9,16-17,24H,10-15,19H2,1-3H3,(H,36,42)(H,37,41). The van der Waals surface area contributed by atoms with Crippen LogP contribution in [0.25, 0.3) is 10.9 Å². The normalized spacial score (nSPS) is 14.3. The summed E-state index contributed by atoms with van der Waals surface area (Å²) in [7, 11) is 0. The summed E-state index contributed by atoms with van der Waals surface area (Å²) in [5.41, 5.74) is 0.499. The molecule has 3 amide bonds. The average molecular weight is 598 g/mol. The molecule has 43 heavy (non-hydrogen) atoms. The molecule has 4 rings (SSSR count). The number of alkyl carbamates (subject to hydrolysis) is 1. The van der Waals surface area contributed by atoms with Crippen molar-refractivity contribution in [2.24, 2.45) is 0 Å². The molecule has 3 aromatic rings. The number of nitrogens with zero attached hydrogens (tertiary/aromatic N) is 3. The van der Waals surface area contributed by atoms with Crippen molar-refractivity contribution in [3.8, 4) is 6.07 Å². The third kappa shape index (κ3) is 8.28. The summed E-state index contributed by atoms with van der Waals surface area (Å²) in [4.78, 5) is 39.6. The first-order valence-electron chi connectivity index (χ1n) is 14.0. The Kier molecular flexibility index (Phi) is 9.33. The van der Waals surface area contributed by atoms with Gasteiger partial charge in [0.25, 0.3) is 5.91 Å². The van der Waals surface area contributed by atoms with E-state index in [1.807, 2.05) is 0 Å². The summed E-state index contributed by atoms with van der Waals surface area (Å²) in [6, 6.07) is 13.4. The lowest BCUT2D eigenvalue weighted by Gasteiger charge is -2.32. The molecule has 2 N–H and O–H groups in total. The Morgan fingerprint density at radius 2 is 1.70 bits per heavy atom. The minimum absolute atomic E-state index is 0.106. The van der Waals surface area contributed by atoms with Gasteiger partial charge in [-0.05, 0) is 69.5 Å². The van der Waals surface area contributed by atoms with Crippen LogP contribution in [0.1, 0.15) is 67.2 Å². The number of aromatic nitrogens is 1. The fourth-order valence-corrected chi connectivity index (χ4v) is 4.94. The Bertz CT molecular complexity index is 1530. The summed E-state index contributed by atoms with van der Waals surface area (Å²) >= 11 is 0. The van der Waals surface area contributed by atoms with Crippen LogP contribution in [0, 0.1) is 11.3 Å². The molecule has 0 atom stereocenters. The molecular weight excluding hydrogens is 563 g/mol. The smallest absolute Gasteiger partial charge is 0.416 e. The lowest BCUT2D eigenvalue weighted by Crippen LogP contribution is -2.47. The molecule has 0 radical (unpaired) electrons. The topological polar surface area (TPSA) is 116 Å². The average Bonchev–Trinajstić information content (AvgIpc) is 3.29. The zero-order valence-electron chi connectivity index (χ0n) is 24.3. The molecular formula is C31H34F3N5O4. The molecule has 1 saturated heterocycles. The first kappa shape index (κ1) is 31.4. The monoisotopic (exact) mass is 597 g/mol. The highest BCUT2D eigenvalue weighted by molar-refractivity contribution is 5.99. The second-order valence-corrected chi connectivity index (χ2v) is 11.5. The van der Waals surface area contributed by atoms with Crippen molar-refractivity contribution >= 4 is 28.8 Å². The summed E-state index contributed by atoms with van der Waals surface area (Å²) in [5.74, 6) is -0.459. The quantitative estimate of drug-likeness (QED) is 0.388. The van der Waals surface area contributed by atoms with Gasteiger partial charge < -0.3 is 24.8 Å². The molecule has 0 unspecified atom stereocenters.